The summed E-state index contributed by atoms with van der Waals surface area (Å²) in [6.45, 7) is 5.22. The Morgan fingerprint density at radius 2 is 0.946 bits per heavy atom. The van der Waals surface area contributed by atoms with Gasteiger partial charge in [0, 0.05) is 41.8 Å². The first kappa shape index (κ1) is 40.0. The quantitative estimate of drug-likeness (QED) is 0.163. The molecule has 2 heterocycles. The maximum atomic E-state index is 12.7. The molecule has 2 saturated heterocycles. The molecular weight excluding hydrogens is 767 g/mol. The number of anilines is 2. The van der Waals surface area contributed by atoms with Gasteiger partial charge in [-0.1, -0.05) is 155 Å². The molecule has 6 aromatic carbocycles. The number of cyclic esters (lactones) is 2. The number of carbonyl (C=O) groups is 2. The smallest absolute Gasteiger partial charge is 0.438 e. The number of rotatable bonds is 6. The average molecular weight is 812 g/mol. The third kappa shape index (κ3) is 9.94. The van der Waals surface area contributed by atoms with E-state index in [1.165, 1.54) is 0 Å². The highest BCUT2D eigenvalue weighted by atomic mass is 79.9. The van der Waals surface area contributed by atoms with Gasteiger partial charge in [-0.3, -0.25) is 9.80 Å². The van der Waals surface area contributed by atoms with Crippen molar-refractivity contribution in [2.75, 3.05) is 22.9 Å². The SMILES string of the molecule is CC1(c2ccccc2)CCN(c2cccc(-c3ccccc3)c2)C(=O)O1.CC1(c2ccccc2)CCN(c2cccc(Br)c2)C(=O)O1.OB(O)c1ccccc1. The maximum Gasteiger partial charge on any atom is 0.488 e. The van der Waals surface area contributed by atoms with Crippen LogP contribution >= 0.6 is 15.9 Å². The summed E-state index contributed by atoms with van der Waals surface area (Å²) in [5, 5.41) is 17.2. The first-order valence-corrected chi connectivity index (χ1v) is 19.3. The molecule has 2 aliphatic rings. The average Bonchev–Trinajstić information content (AvgIpc) is 3.23. The third-order valence-corrected chi connectivity index (χ3v) is 10.4. The van der Waals surface area contributed by atoms with E-state index >= 15 is 0 Å². The van der Waals surface area contributed by atoms with Crippen LogP contribution in [0, 0.1) is 0 Å². The Bertz CT molecular complexity index is 2200. The molecule has 0 aliphatic carbocycles. The molecule has 2 N–H and O–H groups in total. The van der Waals surface area contributed by atoms with Crippen LogP contribution in [0.25, 0.3) is 11.1 Å². The van der Waals surface area contributed by atoms with Crippen LogP contribution in [0.4, 0.5) is 21.0 Å². The predicted octanol–water partition coefficient (Wildman–Crippen LogP) is 9.69. The van der Waals surface area contributed by atoms with Gasteiger partial charge in [0.15, 0.2) is 0 Å². The fourth-order valence-corrected chi connectivity index (χ4v) is 7.03. The van der Waals surface area contributed by atoms with Crippen LogP contribution < -0.4 is 15.3 Å². The van der Waals surface area contributed by atoms with Gasteiger partial charge < -0.3 is 19.5 Å². The highest BCUT2D eigenvalue weighted by Gasteiger charge is 2.40. The molecular formula is C46H44BBrN2O6. The van der Waals surface area contributed by atoms with Gasteiger partial charge in [-0.15, -0.1) is 0 Å². The highest BCUT2D eigenvalue weighted by Crippen LogP contribution is 2.37. The minimum absolute atomic E-state index is 0.298. The summed E-state index contributed by atoms with van der Waals surface area (Å²) in [7, 11) is -1.34. The molecule has 2 unspecified atom stereocenters. The zero-order chi connectivity index (χ0) is 39.5. The minimum atomic E-state index is -1.34. The Morgan fingerprint density at radius 3 is 1.38 bits per heavy atom. The lowest BCUT2D eigenvalue weighted by atomic mass is 9.81. The van der Waals surface area contributed by atoms with Crippen LogP contribution in [0.2, 0.25) is 0 Å². The number of carbonyl (C=O) groups excluding carboxylic acids is 2. The number of hydrogen-bond acceptors (Lipinski definition) is 6. The van der Waals surface area contributed by atoms with Crippen LogP contribution in [0.1, 0.15) is 37.8 Å². The topological polar surface area (TPSA) is 99.5 Å². The largest absolute Gasteiger partial charge is 0.488 e. The fraction of sp³-hybridized carbons (Fsp3) is 0.174. The van der Waals surface area contributed by atoms with Crippen molar-refractivity contribution < 1.29 is 29.1 Å². The number of benzene rings is 6. The van der Waals surface area contributed by atoms with E-state index in [0.29, 0.717) is 18.6 Å². The molecule has 6 aromatic rings. The van der Waals surface area contributed by atoms with Crippen molar-refractivity contribution in [3.05, 3.63) is 185 Å². The lowest BCUT2D eigenvalue weighted by molar-refractivity contribution is 0.00512. The van der Waals surface area contributed by atoms with E-state index in [1.807, 2.05) is 141 Å². The number of halogens is 1. The third-order valence-electron chi connectivity index (χ3n) is 9.94. The van der Waals surface area contributed by atoms with Crippen molar-refractivity contribution in [1.82, 2.24) is 0 Å². The first-order chi connectivity index (χ1) is 27.0. The van der Waals surface area contributed by atoms with Crippen LogP contribution in [0.3, 0.4) is 0 Å². The van der Waals surface area contributed by atoms with Crippen molar-refractivity contribution in [3.63, 3.8) is 0 Å². The summed E-state index contributed by atoms with van der Waals surface area (Å²) in [4.78, 5) is 28.5. The van der Waals surface area contributed by atoms with E-state index in [9.17, 15) is 9.59 Å². The van der Waals surface area contributed by atoms with Gasteiger partial charge in [-0.25, -0.2) is 9.59 Å². The molecule has 284 valence electrons. The van der Waals surface area contributed by atoms with Crippen molar-refractivity contribution in [3.8, 4) is 11.1 Å². The number of hydrogen-bond donors (Lipinski definition) is 2. The van der Waals surface area contributed by atoms with Crippen LogP contribution in [-0.4, -0.2) is 42.4 Å². The maximum absolute atomic E-state index is 12.7. The fourth-order valence-electron chi connectivity index (χ4n) is 6.64. The van der Waals surface area contributed by atoms with Gasteiger partial charge in [0.05, 0.1) is 0 Å². The summed E-state index contributed by atoms with van der Waals surface area (Å²) in [6, 6.07) is 54.4. The standard InChI is InChI=1S/C23H21NO2.C17H16BrNO2.C6H7BO2/c1-23(20-12-6-3-7-13-20)15-16-24(22(25)26-23)21-14-8-11-19(17-21)18-9-4-2-5-10-18;1-17(13-6-3-2-4-7-13)10-11-19(16(20)21-17)15-9-5-8-14(18)12-15;8-7(9)6-4-2-1-3-5-6/h2-14,17H,15-16H2,1H3;2-9,12H,10-11H2,1H3;1-5,8-9H. The van der Waals surface area contributed by atoms with E-state index in [4.69, 9.17) is 19.5 Å². The molecule has 0 spiro atoms. The molecule has 8 nitrogen and oxygen atoms in total. The van der Waals surface area contributed by atoms with Gasteiger partial charge in [0.2, 0.25) is 0 Å². The van der Waals surface area contributed by atoms with Gasteiger partial charge in [0.1, 0.15) is 11.2 Å². The Balaban J connectivity index is 0.000000158. The van der Waals surface area contributed by atoms with Gasteiger partial charge in [-0.2, -0.15) is 0 Å². The van der Waals surface area contributed by atoms with Crippen molar-refractivity contribution in [1.29, 1.82) is 0 Å². The van der Waals surface area contributed by atoms with E-state index < -0.39 is 18.3 Å². The molecule has 0 bridgehead atoms. The molecule has 2 fully saturated rings. The monoisotopic (exact) mass is 810 g/mol. The Morgan fingerprint density at radius 1 is 0.536 bits per heavy atom. The van der Waals surface area contributed by atoms with Crippen molar-refractivity contribution in [2.24, 2.45) is 0 Å². The summed E-state index contributed by atoms with van der Waals surface area (Å²) in [6.07, 6.45) is 0.909. The molecule has 0 radical (unpaired) electrons. The molecule has 56 heavy (non-hydrogen) atoms. The van der Waals surface area contributed by atoms with E-state index in [0.717, 1.165) is 50.9 Å². The molecule has 0 saturated carbocycles. The van der Waals surface area contributed by atoms with Crippen LogP contribution in [-0.2, 0) is 20.7 Å². The normalized spacial score (nSPS) is 18.9. The van der Waals surface area contributed by atoms with E-state index in [2.05, 4.69) is 34.1 Å². The summed E-state index contributed by atoms with van der Waals surface area (Å²) in [5.74, 6) is 0. The second-order valence-corrected chi connectivity index (χ2v) is 14.8. The van der Waals surface area contributed by atoms with Crippen molar-refractivity contribution in [2.45, 2.75) is 37.9 Å². The van der Waals surface area contributed by atoms with Gasteiger partial charge >= 0.3 is 19.3 Å². The van der Waals surface area contributed by atoms with Crippen LogP contribution in [0.15, 0.2) is 174 Å². The summed E-state index contributed by atoms with van der Waals surface area (Å²) in [5.41, 5.74) is 5.40. The Labute approximate surface area is 337 Å². The van der Waals surface area contributed by atoms with Crippen LogP contribution in [0.5, 0.6) is 0 Å². The summed E-state index contributed by atoms with van der Waals surface area (Å²) >= 11 is 3.43. The summed E-state index contributed by atoms with van der Waals surface area (Å²) < 4.78 is 12.5. The second kappa shape index (κ2) is 18.3. The van der Waals surface area contributed by atoms with Gasteiger partial charge in [-0.05, 0) is 71.9 Å². The van der Waals surface area contributed by atoms with E-state index in [1.54, 1.807) is 34.1 Å². The first-order valence-electron chi connectivity index (χ1n) is 18.5. The molecule has 2 amide bonds. The zero-order valence-corrected chi connectivity index (χ0v) is 33.0. The number of amides is 2. The number of nitrogens with zero attached hydrogens (tertiary/aromatic N) is 2. The molecule has 2 aliphatic heterocycles. The minimum Gasteiger partial charge on any atom is -0.438 e. The van der Waals surface area contributed by atoms with Gasteiger partial charge in [0.25, 0.3) is 0 Å². The molecule has 0 aromatic heterocycles. The Hall–Kier alpha value is -5.68. The molecule has 8 rings (SSSR count). The Kier molecular flexibility index (Phi) is 13.1. The zero-order valence-electron chi connectivity index (χ0n) is 31.4. The lowest BCUT2D eigenvalue weighted by Gasteiger charge is -2.39. The lowest BCUT2D eigenvalue weighted by Crippen LogP contribution is -2.46. The molecule has 2 atom stereocenters. The van der Waals surface area contributed by atoms with Crippen molar-refractivity contribution >= 4 is 52.1 Å². The molecule has 10 heteroatoms. The number of ether oxygens (including phenoxy) is 2. The highest BCUT2D eigenvalue weighted by molar-refractivity contribution is 9.10. The second-order valence-electron chi connectivity index (χ2n) is 13.9. The van der Waals surface area contributed by atoms with E-state index in [-0.39, 0.29) is 12.2 Å². The predicted molar refractivity (Wildman–Crippen MR) is 227 cm³/mol.